The zero-order valence-corrected chi connectivity index (χ0v) is 16.2. The summed E-state index contributed by atoms with van der Waals surface area (Å²) in [5, 5.41) is 11.9. The van der Waals surface area contributed by atoms with Crippen LogP contribution in [0, 0.1) is 0 Å². The van der Waals surface area contributed by atoms with Gasteiger partial charge in [0.05, 0.1) is 4.90 Å². The molecule has 9 heteroatoms. The summed E-state index contributed by atoms with van der Waals surface area (Å²) in [7, 11) is -3.63. The van der Waals surface area contributed by atoms with Crippen molar-refractivity contribution in [3.63, 3.8) is 0 Å². The number of hydrogen-bond donors (Lipinski definition) is 2. The quantitative estimate of drug-likeness (QED) is 0.752. The van der Waals surface area contributed by atoms with Crippen LogP contribution in [-0.2, 0) is 16.4 Å². The molecule has 1 aliphatic rings. The van der Waals surface area contributed by atoms with Crippen LogP contribution in [0.1, 0.15) is 54.4 Å². The monoisotopic (exact) mass is 394 g/mol. The first kappa shape index (κ1) is 18.9. The van der Waals surface area contributed by atoms with E-state index in [0.717, 1.165) is 43.5 Å². The lowest BCUT2D eigenvalue weighted by molar-refractivity contribution is 0.102. The van der Waals surface area contributed by atoms with Crippen LogP contribution < -0.4 is 10.0 Å². The van der Waals surface area contributed by atoms with Gasteiger partial charge in [-0.1, -0.05) is 37.2 Å². The van der Waals surface area contributed by atoms with Gasteiger partial charge in [-0.25, -0.2) is 13.1 Å². The van der Waals surface area contributed by atoms with E-state index in [1.54, 1.807) is 12.1 Å². The van der Waals surface area contributed by atoms with Gasteiger partial charge in [0.1, 0.15) is 5.01 Å². The molecule has 0 spiro atoms. The molecule has 1 aromatic carbocycles. The number of carbonyl (C=O) groups excluding carboxylic acids is 1. The number of sulfonamides is 1. The van der Waals surface area contributed by atoms with E-state index in [9.17, 15) is 13.2 Å². The molecule has 0 bridgehead atoms. The average Bonchev–Trinajstić information content (AvgIpc) is 3.27. The minimum Gasteiger partial charge on any atom is -0.296 e. The molecule has 0 radical (unpaired) electrons. The second-order valence-electron chi connectivity index (χ2n) is 6.34. The van der Waals surface area contributed by atoms with Gasteiger partial charge in [-0.15, -0.1) is 10.2 Å². The molecule has 1 amide bonds. The first-order valence-corrected chi connectivity index (χ1v) is 11.0. The predicted octanol–water partition coefficient (Wildman–Crippen LogP) is 2.96. The fourth-order valence-corrected chi connectivity index (χ4v) is 5.11. The van der Waals surface area contributed by atoms with Gasteiger partial charge in [-0.05, 0) is 37.5 Å². The van der Waals surface area contributed by atoms with Crippen LogP contribution in [-0.4, -0.2) is 30.6 Å². The molecule has 140 valence electrons. The second kappa shape index (κ2) is 8.24. The Hall–Kier alpha value is -1.84. The van der Waals surface area contributed by atoms with Crippen molar-refractivity contribution in [2.75, 3.05) is 5.32 Å². The van der Waals surface area contributed by atoms with E-state index in [1.807, 2.05) is 6.92 Å². The molecule has 1 aromatic heterocycles. The smallest absolute Gasteiger partial charge is 0.257 e. The Bertz CT molecular complexity index is 874. The van der Waals surface area contributed by atoms with Crippen LogP contribution in [0.5, 0.6) is 0 Å². The number of aryl methyl sites for hydroxylation is 1. The molecular formula is C17H22N4O3S2. The lowest BCUT2D eigenvalue weighted by Gasteiger charge is -2.13. The summed E-state index contributed by atoms with van der Waals surface area (Å²) < 4.78 is 27.8. The summed E-state index contributed by atoms with van der Waals surface area (Å²) in [5.74, 6) is -0.401. The van der Waals surface area contributed by atoms with Gasteiger partial charge in [0.15, 0.2) is 0 Å². The zero-order chi connectivity index (χ0) is 18.6. The molecule has 0 saturated heterocycles. The van der Waals surface area contributed by atoms with Crippen molar-refractivity contribution < 1.29 is 13.2 Å². The number of nitrogens with one attached hydrogen (secondary N) is 2. The largest absolute Gasteiger partial charge is 0.296 e. The molecule has 26 heavy (non-hydrogen) atoms. The number of rotatable bonds is 7. The summed E-state index contributed by atoms with van der Waals surface area (Å²) in [6.45, 7) is 2.05. The minimum absolute atomic E-state index is 0.0177. The maximum absolute atomic E-state index is 12.5. The van der Waals surface area contributed by atoms with Gasteiger partial charge in [-0.3, -0.25) is 10.1 Å². The Balaban J connectivity index is 1.72. The van der Waals surface area contributed by atoms with Gasteiger partial charge in [0, 0.05) is 18.0 Å². The number of nitrogens with zero attached hydrogens (tertiary/aromatic N) is 2. The van der Waals surface area contributed by atoms with E-state index >= 15 is 0 Å². The molecule has 0 unspecified atom stereocenters. The Labute approximate surface area is 157 Å². The highest BCUT2D eigenvalue weighted by atomic mass is 32.2. The number of anilines is 1. The van der Waals surface area contributed by atoms with Crippen molar-refractivity contribution in [3.8, 4) is 0 Å². The van der Waals surface area contributed by atoms with Crippen molar-refractivity contribution in [1.29, 1.82) is 0 Å². The molecule has 3 rings (SSSR count). The second-order valence-corrected chi connectivity index (χ2v) is 9.11. The summed E-state index contributed by atoms with van der Waals surface area (Å²) >= 11 is 1.33. The number of carbonyl (C=O) groups is 1. The molecular weight excluding hydrogens is 372 g/mol. The van der Waals surface area contributed by atoms with Crippen LogP contribution >= 0.6 is 11.3 Å². The molecule has 2 N–H and O–H groups in total. The topological polar surface area (TPSA) is 101 Å². The van der Waals surface area contributed by atoms with Crippen molar-refractivity contribution in [1.82, 2.24) is 14.9 Å². The van der Waals surface area contributed by atoms with Crippen LogP contribution in [0.15, 0.2) is 29.2 Å². The van der Waals surface area contributed by atoms with E-state index in [0.29, 0.717) is 5.13 Å². The third-order valence-electron chi connectivity index (χ3n) is 4.23. The molecule has 0 aliphatic heterocycles. The molecule has 1 saturated carbocycles. The number of benzene rings is 1. The highest BCUT2D eigenvalue weighted by molar-refractivity contribution is 7.89. The molecule has 1 fully saturated rings. The summed E-state index contributed by atoms with van der Waals surface area (Å²) in [6.07, 6.45) is 5.56. The molecule has 1 heterocycles. The normalized spacial score (nSPS) is 15.3. The van der Waals surface area contributed by atoms with E-state index in [-0.39, 0.29) is 16.5 Å². The molecule has 2 aromatic rings. The predicted molar refractivity (Wildman–Crippen MR) is 101 cm³/mol. The summed E-state index contributed by atoms with van der Waals surface area (Å²) in [4.78, 5) is 12.5. The lowest BCUT2D eigenvalue weighted by atomic mass is 10.2. The first-order valence-electron chi connectivity index (χ1n) is 8.74. The number of aromatic nitrogens is 2. The van der Waals surface area contributed by atoms with Gasteiger partial charge in [0.25, 0.3) is 5.91 Å². The van der Waals surface area contributed by atoms with Crippen molar-refractivity contribution in [2.45, 2.75) is 56.4 Å². The van der Waals surface area contributed by atoms with E-state index < -0.39 is 15.9 Å². The Morgan fingerprint density at radius 3 is 2.77 bits per heavy atom. The van der Waals surface area contributed by atoms with Crippen molar-refractivity contribution in [2.24, 2.45) is 0 Å². The van der Waals surface area contributed by atoms with Gasteiger partial charge in [-0.2, -0.15) is 0 Å². The maximum atomic E-state index is 12.5. The van der Waals surface area contributed by atoms with Gasteiger partial charge >= 0.3 is 0 Å². The fourth-order valence-electron chi connectivity index (χ4n) is 2.92. The third-order valence-corrected chi connectivity index (χ3v) is 6.65. The van der Waals surface area contributed by atoms with Gasteiger partial charge < -0.3 is 0 Å². The van der Waals surface area contributed by atoms with Crippen molar-refractivity contribution >= 4 is 32.4 Å². The fraction of sp³-hybridized carbons (Fsp3) is 0.471. The summed E-state index contributed by atoms with van der Waals surface area (Å²) in [6, 6.07) is 6.02. The van der Waals surface area contributed by atoms with Crippen LogP contribution in [0.4, 0.5) is 5.13 Å². The van der Waals surface area contributed by atoms with Crippen LogP contribution in [0.3, 0.4) is 0 Å². The van der Waals surface area contributed by atoms with E-state index in [1.165, 1.54) is 23.5 Å². The van der Waals surface area contributed by atoms with Gasteiger partial charge in [0.2, 0.25) is 15.2 Å². The Kier molecular flexibility index (Phi) is 6.00. The molecule has 0 atom stereocenters. The highest BCUT2D eigenvalue weighted by Crippen LogP contribution is 2.22. The number of hydrogen-bond acceptors (Lipinski definition) is 6. The van der Waals surface area contributed by atoms with Crippen LogP contribution in [0.2, 0.25) is 0 Å². The summed E-state index contributed by atoms with van der Waals surface area (Å²) in [5.41, 5.74) is 0.270. The van der Waals surface area contributed by atoms with Crippen LogP contribution in [0.25, 0.3) is 0 Å². The first-order chi connectivity index (χ1) is 12.5. The Morgan fingerprint density at radius 2 is 2.04 bits per heavy atom. The standard InChI is InChI=1S/C17H22N4O3S2/c1-2-6-15-19-20-17(25-15)18-16(22)12-7-5-10-14(11-12)26(23,24)21-13-8-3-4-9-13/h5,7,10-11,13,21H,2-4,6,8-9H2,1H3,(H,18,20,22). The maximum Gasteiger partial charge on any atom is 0.257 e. The molecule has 1 aliphatic carbocycles. The highest BCUT2D eigenvalue weighted by Gasteiger charge is 2.23. The van der Waals surface area contributed by atoms with Crippen molar-refractivity contribution in [3.05, 3.63) is 34.8 Å². The SMILES string of the molecule is CCCc1nnc(NC(=O)c2cccc(S(=O)(=O)NC3CCCC3)c2)s1. The Morgan fingerprint density at radius 1 is 1.27 bits per heavy atom. The average molecular weight is 395 g/mol. The zero-order valence-electron chi connectivity index (χ0n) is 14.6. The minimum atomic E-state index is -3.63. The van der Waals surface area contributed by atoms with E-state index in [4.69, 9.17) is 0 Å². The third kappa shape index (κ3) is 4.66. The van der Waals surface area contributed by atoms with E-state index in [2.05, 4.69) is 20.2 Å². The lowest BCUT2D eigenvalue weighted by Crippen LogP contribution is -2.32. The number of amides is 1. The molecule has 7 nitrogen and oxygen atoms in total.